The van der Waals surface area contributed by atoms with Crippen molar-refractivity contribution >= 4 is 5.97 Å². The molecule has 2 fully saturated rings. The lowest BCUT2D eigenvalue weighted by atomic mass is 9.89. The van der Waals surface area contributed by atoms with Gasteiger partial charge in [0.2, 0.25) is 0 Å². The maximum absolute atomic E-state index is 12.0. The highest BCUT2D eigenvalue weighted by Crippen LogP contribution is 2.34. The average Bonchev–Trinajstić information content (AvgIpc) is 2.59. The number of ether oxygens (including phenoxy) is 1. The molecule has 0 aromatic carbocycles. The number of hydrogen-bond acceptors (Lipinski definition) is 2. The Morgan fingerprint density at radius 1 is 1.06 bits per heavy atom. The highest BCUT2D eigenvalue weighted by atomic mass is 16.5. The van der Waals surface area contributed by atoms with Crippen LogP contribution in [0.2, 0.25) is 0 Å². The first-order valence-electron chi connectivity index (χ1n) is 6.87. The summed E-state index contributed by atoms with van der Waals surface area (Å²) in [6, 6.07) is 0. The number of carbonyl (C=O) groups excluding carboxylic acids is 1. The van der Waals surface area contributed by atoms with Crippen molar-refractivity contribution in [1.82, 2.24) is 0 Å². The summed E-state index contributed by atoms with van der Waals surface area (Å²) in [4.78, 5) is 12.0. The molecule has 0 saturated heterocycles. The molecule has 2 nitrogen and oxygen atoms in total. The van der Waals surface area contributed by atoms with E-state index in [9.17, 15) is 4.79 Å². The van der Waals surface area contributed by atoms with Gasteiger partial charge in [0.15, 0.2) is 0 Å². The molecule has 2 aliphatic carbocycles. The molecule has 0 aromatic rings. The molecule has 0 aliphatic heterocycles. The minimum Gasteiger partial charge on any atom is -0.462 e. The Morgan fingerprint density at radius 2 is 1.75 bits per heavy atom. The normalized spacial score (nSPS) is 36.2. The highest BCUT2D eigenvalue weighted by Gasteiger charge is 2.33. The zero-order valence-corrected chi connectivity index (χ0v) is 10.6. The van der Waals surface area contributed by atoms with Gasteiger partial charge in [-0.2, -0.15) is 0 Å². The minimum absolute atomic E-state index is 0.0886. The van der Waals surface area contributed by atoms with Crippen molar-refractivity contribution in [2.75, 3.05) is 0 Å². The standard InChI is InChI=1S/C14H24O2/c1-10-8-11(2)13(9-10)16-14(15)12-6-4-3-5-7-12/h10-13H,3-9H2,1-2H3. The Balaban J connectivity index is 1.82. The molecule has 0 radical (unpaired) electrons. The summed E-state index contributed by atoms with van der Waals surface area (Å²) in [5.41, 5.74) is 0. The van der Waals surface area contributed by atoms with E-state index in [0.29, 0.717) is 5.92 Å². The Morgan fingerprint density at radius 3 is 2.31 bits per heavy atom. The van der Waals surface area contributed by atoms with Crippen LogP contribution in [0.25, 0.3) is 0 Å². The SMILES string of the molecule is CC1CC(C)C(OC(=O)C2CCCCC2)C1. The van der Waals surface area contributed by atoms with E-state index in [1.165, 1.54) is 25.7 Å². The van der Waals surface area contributed by atoms with Gasteiger partial charge in [-0.3, -0.25) is 4.79 Å². The number of hydrogen-bond donors (Lipinski definition) is 0. The van der Waals surface area contributed by atoms with Crippen LogP contribution >= 0.6 is 0 Å². The van der Waals surface area contributed by atoms with Crippen molar-refractivity contribution in [3.05, 3.63) is 0 Å². The van der Waals surface area contributed by atoms with Gasteiger partial charge in [0.1, 0.15) is 6.10 Å². The molecule has 16 heavy (non-hydrogen) atoms. The van der Waals surface area contributed by atoms with Crippen molar-refractivity contribution < 1.29 is 9.53 Å². The van der Waals surface area contributed by atoms with Crippen molar-refractivity contribution in [2.45, 2.75) is 64.9 Å². The molecule has 0 amide bonds. The van der Waals surface area contributed by atoms with Crippen LogP contribution in [0.15, 0.2) is 0 Å². The fourth-order valence-corrected chi connectivity index (χ4v) is 3.26. The van der Waals surface area contributed by atoms with Crippen molar-refractivity contribution in [2.24, 2.45) is 17.8 Å². The van der Waals surface area contributed by atoms with Gasteiger partial charge in [0, 0.05) is 0 Å². The summed E-state index contributed by atoms with van der Waals surface area (Å²) in [5.74, 6) is 1.57. The molecule has 0 N–H and O–H groups in total. The summed E-state index contributed by atoms with van der Waals surface area (Å²) >= 11 is 0. The lowest BCUT2D eigenvalue weighted by Crippen LogP contribution is -2.27. The maximum atomic E-state index is 12.0. The summed E-state index contributed by atoms with van der Waals surface area (Å²) in [6.07, 6.45) is 8.28. The van der Waals surface area contributed by atoms with Crippen LogP contribution in [0.3, 0.4) is 0 Å². The second-order valence-electron chi connectivity index (χ2n) is 5.86. The highest BCUT2D eigenvalue weighted by molar-refractivity contribution is 5.72. The van der Waals surface area contributed by atoms with Gasteiger partial charge in [-0.15, -0.1) is 0 Å². The van der Waals surface area contributed by atoms with Crippen molar-refractivity contribution in [3.8, 4) is 0 Å². The van der Waals surface area contributed by atoms with Gasteiger partial charge in [0.25, 0.3) is 0 Å². The van der Waals surface area contributed by atoms with Gasteiger partial charge in [-0.1, -0.05) is 33.1 Å². The Kier molecular flexibility index (Phi) is 3.88. The monoisotopic (exact) mass is 224 g/mol. The predicted molar refractivity (Wildman–Crippen MR) is 64.0 cm³/mol. The van der Waals surface area contributed by atoms with Gasteiger partial charge in [-0.25, -0.2) is 0 Å². The second kappa shape index (κ2) is 5.20. The largest absolute Gasteiger partial charge is 0.462 e. The number of esters is 1. The topological polar surface area (TPSA) is 26.3 Å². The molecule has 0 aromatic heterocycles. The molecule has 92 valence electrons. The second-order valence-corrected chi connectivity index (χ2v) is 5.86. The predicted octanol–water partition coefficient (Wildman–Crippen LogP) is 3.54. The fourth-order valence-electron chi connectivity index (χ4n) is 3.26. The van der Waals surface area contributed by atoms with Gasteiger partial charge in [0.05, 0.1) is 5.92 Å². The van der Waals surface area contributed by atoms with E-state index < -0.39 is 0 Å². The van der Waals surface area contributed by atoms with E-state index in [1.807, 2.05) is 0 Å². The number of carbonyl (C=O) groups is 1. The molecular weight excluding hydrogens is 200 g/mol. The Labute approximate surface area is 98.7 Å². The summed E-state index contributed by atoms with van der Waals surface area (Å²) in [7, 11) is 0. The third kappa shape index (κ3) is 2.78. The molecule has 0 heterocycles. The lowest BCUT2D eigenvalue weighted by Gasteiger charge is -2.23. The molecule has 2 heteroatoms. The van der Waals surface area contributed by atoms with Gasteiger partial charge < -0.3 is 4.74 Å². The third-order valence-electron chi connectivity index (χ3n) is 4.25. The van der Waals surface area contributed by atoms with Gasteiger partial charge >= 0.3 is 5.97 Å². The molecule has 3 atom stereocenters. The van der Waals surface area contributed by atoms with Crippen LogP contribution < -0.4 is 0 Å². The van der Waals surface area contributed by atoms with E-state index in [-0.39, 0.29) is 18.0 Å². The van der Waals surface area contributed by atoms with Crippen molar-refractivity contribution in [1.29, 1.82) is 0 Å². The molecule has 0 bridgehead atoms. The van der Waals surface area contributed by atoms with E-state index in [1.54, 1.807) is 0 Å². The summed E-state index contributed by atoms with van der Waals surface area (Å²) in [6.45, 7) is 4.47. The van der Waals surface area contributed by atoms with E-state index in [0.717, 1.165) is 25.2 Å². The average molecular weight is 224 g/mol. The first-order valence-corrected chi connectivity index (χ1v) is 6.87. The van der Waals surface area contributed by atoms with Crippen LogP contribution in [-0.4, -0.2) is 12.1 Å². The van der Waals surface area contributed by atoms with Crippen LogP contribution in [0.4, 0.5) is 0 Å². The minimum atomic E-state index is 0.0886. The van der Waals surface area contributed by atoms with E-state index >= 15 is 0 Å². The first-order chi connectivity index (χ1) is 7.66. The zero-order chi connectivity index (χ0) is 11.5. The first kappa shape index (κ1) is 11.9. The smallest absolute Gasteiger partial charge is 0.309 e. The van der Waals surface area contributed by atoms with E-state index in [4.69, 9.17) is 4.74 Å². The van der Waals surface area contributed by atoms with E-state index in [2.05, 4.69) is 13.8 Å². The quantitative estimate of drug-likeness (QED) is 0.671. The summed E-state index contributed by atoms with van der Waals surface area (Å²) in [5, 5.41) is 0. The number of rotatable bonds is 2. The molecule has 3 unspecified atom stereocenters. The Bertz CT molecular complexity index is 243. The lowest BCUT2D eigenvalue weighted by molar-refractivity contribution is -0.156. The molecular formula is C14H24O2. The zero-order valence-electron chi connectivity index (χ0n) is 10.6. The molecule has 0 spiro atoms. The Hall–Kier alpha value is -0.530. The van der Waals surface area contributed by atoms with Crippen LogP contribution in [-0.2, 0) is 9.53 Å². The van der Waals surface area contributed by atoms with Crippen LogP contribution in [0, 0.1) is 17.8 Å². The third-order valence-corrected chi connectivity index (χ3v) is 4.25. The maximum Gasteiger partial charge on any atom is 0.309 e. The van der Waals surface area contributed by atoms with Gasteiger partial charge in [-0.05, 0) is 37.5 Å². The van der Waals surface area contributed by atoms with Crippen molar-refractivity contribution in [3.63, 3.8) is 0 Å². The van der Waals surface area contributed by atoms with Crippen LogP contribution in [0.5, 0.6) is 0 Å². The summed E-state index contributed by atoms with van der Waals surface area (Å²) < 4.78 is 5.69. The fraction of sp³-hybridized carbons (Fsp3) is 0.929. The molecule has 2 saturated carbocycles. The molecule has 2 rings (SSSR count). The molecule has 2 aliphatic rings. The van der Waals surface area contributed by atoms with Crippen LogP contribution in [0.1, 0.15) is 58.8 Å².